The molecular formula is C5H8BrO2. The molecule has 1 radical (unpaired) electrons. The Labute approximate surface area is 57.3 Å². The van der Waals surface area contributed by atoms with Crippen molar-refractivity contribution in [1.82, 2.24) is 0 Å². The van der Waals surface area contributed by atoms with Gasteiger partial charge in [-0.05, 0) is 6.92 Å². The summed E-state index contributed by atoms with van der Waals surface area (Å²) in [5.41, 5.74) is 0. The highest BCUT2D eigenvalue weighted by atomic mass is 79.9. The first-order valence-corrected chi connectivity index (χ1v) is 3.38. The number of carbonyl (C=O) groups is 1. The van der Waals surface area contributed by atoms with Crippen LogP contribution in [0.15, 0.2) is 0 Å². The van der Waals surface area contributed by atoms with E-state index in [9.17, 15) is 4.79 Å². The molecule has 0 aromatic heterocycles. The van der Waals surface area contributed by atoms with E-state index in [1.54, 1.807) is 0 Å². The molecule has 0 fully saturated rings. The number of ketones is 1. The first-order valence-electron chi connectivity index (χ1n) is 2.26. The Bertz CT molecular complexity index is 72.8. The van der Waals surface area contributed by atoms with Crippen LogP contribution in [0.3, 0.4) is 0 Å². The normalized spacial score (nSPS) is 9.25. The lowest BCUT2D eigenvalue weighted by molar-refractivity contribution is -0.120. The lowest BCUT2D eigenvalue weighted by Gasteiger charge is -1.93. The van der Waals surface area contributed by atoms with Crippen LogP contribution in [0.4, 0.5) is 0 Å². The largest absolute Gasteiger partial charge is 0.374 e. The van der Waals surface area contributed by atoms with Gasteiger partial charge in [-0.2, -0.15) is 0 Å². The molecule has 0 N–H and O–H groups in total. The van der Waals surface area contributed by atoms with E-state index < -0.39 is 0 Å². The van der Waals surface area contributed by atoms with Gasteiger partial charge in [0.1, 0.15) is 6.61 Å². The molecule has 0 rings (SSSR count). The maximum Gasteiger partial charge on any atom is 0.168 e. The van der Waals surface area contributed by atoms with E-state index >= 15 is 0 Å². The van der Waals surface area contributed by atoms with Crippen LogP contribution in [0.5, 0.6) is 0 Å². The Balaban J connectivity index is 2.99. The topological polar surface area (TPSA) is 26.3 Å². The summed E-state index contributed by atoms with van der Waals surface area (Å²) in [7, 11) is 0. The fourth-order valence-corrected chi connectivity index (χ4v) is 0.386. The highest BCUT2D eigenvalue weighted by Gasteiger charge is 1.95. The van der Waals surface area contributed by atoms with Crippen molar-refractivity contribution in [1.29, 1.82) is 0 Å². The third-order valence-electron chi connectivity index (χ3n) is 0.556. The molecule has 0 saturated heterocycles. The molecule has 0 bridgehead atoms. The highest BCUT2D eigenvalue weighted by Crippen LogP contribution is 1.82. The monoisotopic (exact) mass is 179 g/mol. The number of halogens is 1. The number of alkyl halides is 1. The van der Waals surface area contributed by atoms with Crippen molar-refractivity contribution in [2.75, 3.05) is 18.5 Å². The Morgan fingerprint density at radius 2 is 2.38 bits per heavy atom. The number of ether oxygens (including phenoxy) is 1. The van der Waals surface area contributed by atoms with E-state index in [1.807, 2.05) is 0 Å². The quantitative estimate of drug-likeness (QED) is 0.598. The minimum Gasteiger partial charge on any atom is -0.374 e. The standard InChI is InChI=1S/C5H8BrO2/c1-2-8-4-5(7)3-6/h1-4H2. The predicted molar refractivity (Wildman–Crippen MR) is 35.0 cm³/mol. The zero-order valence-electron chi connectivity index (χ0n) is 4.52. The number of hydrogen-bond donors (Lipinski definition) is 0. The van der Waals surface area contributed by atoms with E-state index in [2.05, 4.69) is 22.9 Å². The van der Waals surface area contributed by atoms with Crippen LogP contribution in [0.1, 0.15) is 0 Å². The van der Waals surface area contributed by atoms with Crippen molar-refractivity contribution in [3.05, 3.63) is 6.92 Å². The molecule has 0 aliphatic heterocycles. The molecule has 0 atom stereocenters. The van der Waals surface area contributed by atoms with E-state index in [1.165, 1.54) is 0 Å². The van der Waals surface area contributed by atoms with Crippen molar-refractivity contribution in [2.45, 2.75) is 0 Å². The van der Waals surface area contributed by atoms with Crippen molar-refractivity contribution < 1.29 is 9.53 Å². The number of rotatable bonds is 4. The molecule has 2 nitrogen and oxygen atoms in total. The number of carbonyl (C=O) groups excluding carboxylic acids is 1. The van der Waals surface area contributed by atoms with E-state index in [0.29, 0.717) is 11.9 Å². The summed E-state index contributed by atoms with van der Waals surface area (Å²) in [4.78, 5) is 10.4. The van der Waals surface area contributed by atoms with Gasteiger partial charge in [0.15, 0.2) is 5.78 Å². The summed E-state index contributed by atoms with van der Waals surface area (Å²) in [6.45, 7) is 3.94. The van der Waals surface area contributed by atoms with Gasteiger partial charge in [0.25, 0.3) is 0 Å². The van der Waals surface area contributed by atoms with Crippen LogP contribution in [0.25, 0.3) is 0 Å². The molecule has 3 heteroatoms. The molecular weight excluding hydrogens is 172 g/mol. The van der Waals surface area contributed by atoms with Gasteiger partial charge < -0.3 is 4.74 Å². The van der Waals surface area contributed by atoms with Crippen molar-refractivity contribution >= 4 is 21.7 Å². The molecule has 0 aromatic carbocycles. The van der Waals surface area contributed by atoms with Crippen LogP contribution in [-0.2, 0) is 9.53 Å². The molecule has 0 unspecified atom stereocenters. The van der Waals surface area contributed by atoms with Crippen LogP contribution in [0, 0.1) is 6.92 Å². The van der Waals surface area contributed by atoms with Crippen molar-refractivity contribution in [3.63, 3.8) is 0 Å². The Morgan fingerprint density at radius 1 is 1.75 bits per heavy atom. The average Bonchev–Trinajstić information content (AvgIpc) is 1.83. The maximum absolute atomic E-state index is 10.4. The Morgan fingerprint density at radius 3 is 2.75 bits per heavy atom. The second-order valence-electron chi connectivity index (χ2n) is 1.22. The van der Waals surface area contributed by atoms with Gasteiger partial charge in [0.05, 0.1) is 5.33 Å². The van der Waals surface area contributed by atoms with Gasteiger partial charge in [-0.15, -0.1) is 0 Å². The molecule has 0 saturated carbocycles. The first kappa shape index (κ1) is 8.11. The zero-order valence-corrected chi connectivity index (χ0v) is 6.11. The molecule has 0 amide bonds. The van der Waals surface area contributed by atoms with Crippen LogP contribution >= 0.6 is 15.9 Å². The Hall–Kier alpha value is 0.110. The molecule has 0 heterocycles. The van der Waals surface area contributed by atoms with Gasteiger partial charge in [-0.25, -0.2) is 0 Å². The number of Topliss-reactive ketones (excluding diaryl/α,β-unsaturated/α-hetero) is 1. The van der Waals surface area contributed by atoms with Gasteiger partial charge in [0.2, 0.25) is 0 Å². The molecule has 0 aliphatic rings. The lowest BCUT2D eigenvalue weighted by Crippen LogP contribution is -2.08. The molecule has 47 valence electrons. The average molecular weight is 180 g/mol. The van der Waals surface area contributed by atoms with Crippen LogP contribution < -0.4 is 0 Å². The summed E-state index contributed by atoms with van der Waals surface area (Å²) in [5, 5.41) is 0.368. The summed E-state index contributed by atoms with van der Waals surface area (Å²) in [5.74, 6) is 0.0497. The predicted octanol–water partition coefficient (Wildman–Crippen LogP) is 0.801. The fraction of sp³-hybridized carbons (Fsp3) is 0.600. The van der Waals surface area contributed by atoms with Gasteiger partial charge in [-0.3, -0.25) is 4.79 Å². The lowest BCUT2D eigenvalue weighted by atomic mass is 10.5. The molecule has 0 aliphatic carbocycles. The summed E-state index contributed by atoms with van der Waals surface area (Å²) >= 11 is 2.99. The molecule has 0 aromatic rings. The summed E-state index contributed by atoms with van der Waals surface area (Å²) < 4.78 is 4.70. The van der Waals surface area contributed by atoms with Gasteiger partial charge >= 0.3 is 0 Å². The second kappa shape index (κ2) is 5.25. The maximum atomic E-state index is 10.4. The second-order valence-corrected chi connectivity index (χ2v) is 1.79. The van der Waals surface area contributed by atoms with E-state index in [-0.39, 0.29) is 12.4 Å². The highest BCUT2D eigenvalue weighted by molar-refractivity contribution is 9.09. The Kier molecular flexibility index (Phi) is 5.32. The first-order chi connectivity index (χ1) is 3.81. The van der Waals surface area contributed by atoms with Gasteiger partial charge in [-0.1, -0.05) is 15.9 Å². The minimum atomic E-state index is 0.0497. The number of hydrogen-bond acceptors (Lipinski definition) is 2. The van der Waals surface area contributed by atoms with Crippen LogP contribution in [0.2, 0.25) is 0 Å². The molecule has 0 spiro atoms. The smallest absolute Gasteiger partial charge is 0.168 e. The minimum absolute atomic E-state index is 0.0497. The third-order valence-corrected chi connectivity index (χ3v) is 1.18. The van der Waals surface area contributed by atoms with Crippen LogP contribution in [-0.4, -0.2) is 24.3 Å². The fourth-order valence-electron chi connectivity index (χ4n) is 0.225. The van der Waals surface area contributed by atoms with Gasteiger partial charge in [0, 0.05) is 6.61 Å². The van der Waals surface area contributed by atoms with E-state index in [4.69, 9.17) is 4.74 Å². The molecule has 8 heavy (non-hydrogen) atoms. The van der Waals surface area contributed by atoms with E-state index in [0.717, 1.165) is 0 Å². The summed E-state index contributed by atoms with van der Waals surface area (Å²) in [6, 6.07) is 0. The van der Waals surface area contributed by atoms with Crippen molar-refractivity contribution in [3.8, 4) is 0 Å². The SMILES string of the molecule is [CH2]COCC(=O)CBr. The summed E-state index contributed by atoms with van der Waals surface area (Å²) in [6.07, 6.45) is 0. The van der Waals surface area contributed by atoms with Crippen molar-refractivity contribution in [2.24, 2.45) is 0 Å². The zero-order chi connectivity index (χ0) is 6.41. The third kappa shape index (κ3) is 4.27.